The van der Waals surface area contributed by atoms with Crippen LogP contribution in [0.2, 0.25) is 5.02 Å². The van der Waals surface area contributed by atoms with Gasteiger partial charge < -0.3 is 10.1 Å². The molecule has 2 N–H and O–H groups in total. The van der Waals surface area contributed by atoms with Crippen molar-refractivity contribution in [2.24, 2.45) is 0 Å². The highest BCUT2D eigenvalue weighted by Gasteiger charge is 2.31. The molecule has 2 rings (SSSR count). The standard InChI is InChI=1S/C16H13ClF4N2O4S/c17-13-9-10(1-6-14(13)18)23-15(24)7-8-22-28(25,26)12-4-2-11(3-5-12)27-16(19,20)21/h1-6,9,22H,7-8H2,(H,23,24). The summed E-state index contributed by atoms with van der Waals surface area (Å²) < 4.78 is 79.3. The quantitative estimate of drug-likeness (QED) is 0.643. The molecule has 0 atom stereocenters. The number of amides is 1. The lowest BCUT2D eigenvalue weighted by Gasteiger charge is -2.10. The Bertz CT molecular complexity index is 950. The van der Waals surface area contributed by atoms with Gasteiger partial charge in [0.25, 0.3) is 0 Å². The molecule has 0 aliphatic heterocycles. The Kier molecular flexibility index (Phi) is 6.86. The summed E-state index contributed by atoms with van der Waals surface area (Å²) in [6.45, 7) is -0.274. The first-order valence-electron chi connectivity index (χ1n) is 7.57. The van der Waals surface area contributed by atoms with Crippen LogP contribution in [-0.4, -0.2) is 27.2 Å². The molecule has 152 valence electrons. The van der Waals surface area contributed by atoms with Crippen molar-refractivity contribution in [3.8, 4) is 5.75 Å². The first kappa shape index (κ1) is 21.9. The molecule has 0 aromatic heterocycles. The minimum Gasteiger partial charge on any atom is -0.406 e. The van der Waals surface area contributed by atoms with E-state index in [9.17, 15) is 30.8 Å². The molecule has 0 heterocycles. The number of nitrogens with one attached hydrogen (secondary N) is 2. The molecule has 0 saturated heterocycles. The number of rotatable bonds is 7. The van der Waals surface area contributed by atoms with Crippen LogP contribution in [0.25, 0.3) is 0 Å². The van der Waals surface area contributed by atoms with E-state index in [0.29, 0.717) is 0 Å². The molecule has 28 heavy (non-hydrogen) atoms. The van der Waals surface area contributed by atoms with Crippen molar-refractivity contribution in [3.05, 3.63) is 53.3 Å². The molecule has 0 fully saturated rings. The van der Waals surface area contributed by atoms with Crippen LogP contribution in [0.3, 0.4) is 0 Å². The number of alkyl halides is 3. The van der Waals surface area contributed by atoms with Crippen molar-refractivity contribution < 1.29 is 35.5 Å². The van der Waals surface area contributed by atoms with Gasteiger partial charge in [-0.05, 0) is 42.5 Å². The summed E-state index contributed by atoms with van der Waals surface area (Å²) in [7, 11) is -4.04. The average Bonchev–Trinajstić information content (AvgIpc) is 2.57. The highest BCUT2D eigenvalue weighted by Crippen LogP contribution is 2.24. The van der Waals surface area contributed by atoms with E-state index < -0.39 is 33.9 Å². The number of ether oxygens (including phenoxy) is 1. The topological polar surface area (TPSA) is 84.5 Å². The van der Waals surface area contributed by atoms with Crippen LogP contribution in [0.15, 0.2) is 47.4 Å². The van der Waals surface area contributed by atoms with E-state index in [0.717, 1.165) is 30.3 Å². The summed E-state index contributed by atoms with van der Waals surface area (Å²) in [5, 5.41) is 2.23. The van der Waals surface area contributed by atoms with E-state index in [2.05, 4.69) is 14.8 Å². The molecule has 2 aromatic carbocycles. The normalized spacial score (nSPS) is 11.9. The van der Waals surface area contributed by atoms with Crippen molar-refractivity contribution in [1.82, 2.24) is 4.72 Å². The Morgan fingerprint density at radius 3 is 2.32 bits per heavy atom. The van der Waals surface area contributed by atoms with Crippen LogP contribution in [0, 0.1) is 5.82 Å². The van der Waals surface area contributed by atoms with Crippen LogP contribution < -0.4 is 14.8 Å². The highest BCUT2D eigenvalue weighted by atomic mass is 35.5. The molecule has 0 aliphatic carbocycles. The van der Waals surface area contributed by atoms with E-state index in [1.807, 2.05) is 0 Å². The summed E-state index contributed by atoms with van der Waals surface area (Å²) >= 11 is 5.59. The van der Waals surface area contributed by atoms with Crippen LogP contribution in [0.1, 0.15) is 6.42 Å². The van der Waals surface area contributed by atoms with Gasteiger partial charge in [0, 0.05) is 18.7 Å². The van der Waals surface area contributed by atoms with Crippen molar-refractivity contribution in [2.45, 2.75) is 17.7 Å². The lowest BCUT2D eigenvalue weighted by atomic mass is 10.3. The molecule has 0 bridgehead atoms. The molecular weight excluding hydrogens is 428 g/mol. The fourth-order valence-corrected chi connectivity index (χ4v) is 3.21. The number of carbonyl (C=O) groups is 1. The Morgan fingerprint density at radius 1 is 1.11 bits per heavy atom. The summed E-state index contributed by atoms with van der Waals surface area (Å²) in [5.41, 5.74) is 0.236. The fourth-order valence-electron chi connectivity index (χ4n) is 2.00. The zero-order valence-corrected chi connectivity index (χ0v) is 15.5. The first-order chi connectivity index (χ1) is 13.0. The Balaban J connectivity index is 1.88. The van der Waals surface area contributed by atoms with Gasteiger partial charge in [0.15, 0.2) is 0 Å². The van der Waals surface area contributed by atoms with Crippen molar-refractivity contribution >= 4 is 33.2 Å². The molecule has 2 aromatic rings. The number of halogens is 5. The number of benzene rings is 2. The van der Waals surface area contributed by atoms with Crippen molar-refractivity contribution in [2.75, 3.05) is 11.9 Å². The SMILES string of the molecule is O=C(CCNS(=O)(=O)c1ccc(OC(F)(F)F)cc1)Nc1ccc(F)c(Cl)c1. The van der Waals surface area contributed by atoms with Crippen LogP contribution in [-0.2, 0) is 14.8 Å². The molecule has 1 amide bonds. The Labute approximate surface area is 162 Å². The maximum Gasteiger partial charge on any atom is 0.573 e. The first-order valence-corrected chi connectivity index (χ1v) is 9.43. The second kappa shape index (κ2) is 8.76. The van der Waals surface area contributed by atoms with Crippen LogP contribution in [0.5, 0.6) is 5.75 Å². The lowest BCUT2D eigenvalue weighted by Crippen LogP contribution is -2.27. The van der Waals surface area contributed by atoms with Crippen LogP contribution in [0.4, 0.5) is 23.2 Å². The van der Waals surface area contributed by atoms with E-state index in [4.69, 9.17) is 11.6 Å². The predicted molar refractivity (Wildman–Crippen MR) is 93.0 cm³/mol. The predicted octanol–water partition coefficient (Wildman–Crippen LogP) is 3.68. The van der Waals surface area contributed by atoms with Gasteiger partial charge in [0.1, 0.15) is 11.6 Å². The monoisotopic (exact) mass is 440 g/mol. The Morgan fingerprint density at radius 2 is 1.75 bits per heavy atom. The molecule has 0 spiro atoms. The summed E-state index contributed by atoms with van der Waals surface area (Å²) in [5.74, 6) is -1.78. The number of carbonyl (C=O) groups excluding carboxylic acids is 1. The number of sulfonamides is 1. The van der Waals surface area contributed by atoms with Crippen molar-refractivity contribution in [1.29, 1.82) is 0 Å². The average molecular weight is 441 g/mol. The number of anilines is 1. The molecule has 0 unspecified atom stereocenters. The molecule has 0 radical (unpaired) electrons. The van der Waals surface area contributed by atoms with E-state index in [1.54, 1.807) is 0 Å². The molecular formula is C16H13ClF4N2O4S. The fraction of sp³-hybridized carbons (Fsp3) is 0.188. The van der Waals surface area contributed by atoms with E-state index in [-0.39, 0.29) is 28.6 Å². The molecule has 12 heteroatoms. The zero-order valence-electron chi connectivity index (χ0n) is 13.9. The minimum absolute atomic E-state index is 0.184. The minimum atomic E-state index is -4.89. The zero-order chi connectivity index (χ0) is 20.9. The van der Waals surface area contributed by atoms with Gasteiger partial charge in [-0.2, -0.15) is 0 Å². The third-order valence-corrected chi connectivity index (χ3v) is 4.98. The van der Waals surface area contributed by atoms with Crippen molar-refractivity contribution in [3.63, 3.8) is 0 Å². The maximum atomic E-state index is 13.1. The summed E-state index contributed by atoms with van der Waals surface area (Å²) in [6, 6.07) is 7.12. The van der Waals surface area contributed by atoms with Gasteiger partial charge in [-0.15, -0.1) is 13.2 Å². The van der Waals surface area contributed by atoms with Gasteiger partial charge in [-0.3, -0.25) is 4.79 Å². The van der Waals surface area contributed by atoms with Gasteiger partial charge in [0.2, 0.25) is 15.9 Å². The second-order valence-corrected chi connectivity index (χ2v) is 7.52. The van der Waals surface area contributed by atoms with Gasteiger partial charge in [0.05, 0.1) is 9.92 Å². The largest absolute Gasteiger partial charge is 0.573 e. The number of hydrogen-bond donors (Lipinski definition) is 2. The Hall–Kier alpha value is -2.37. The smallest absolute Gasteiger partial charge is 0.406 e. The van der Waals surface area contributed by atoms with Gasteiger partial charge >= 0.3 is 6.36 Å². The molecule has 0 saturated carbocycles. The van der Waals surface area contributed by atoms with Gasteiger partial charge in [-0.25, -0.2) is 17.5 Å². The number of hydrogen-bond acceptors (Lipinski definition) is 4. The van der Waals surface area contributed by atoms with E-state index >= 15 is 0 Å². The maximum absolute atomic E-state index is 13.1. The summed E-state index contributed by atoms with van der Waals surface area (Å²) in [4.78, 5) is 11.5. The van der Waals surface area contributed by atoms with Gasteiger partial charge in [-0.1, -0.05) is 11.6 Å². The highest BCUT2D eigenvalue weighted by molar-refractivity contribution is 7.89. The third-order valence-electron chi connectivity index (χ3n) is 3.22. The lowest BCUT2D eigenvalue weighted by molar-refractivity contribution is -0.274. The summed E-state index contributed by atoms with van der Waals surface area (Å²) in [6.07, 6.45) is -5.13. The van der Waals surface area contributed by atoms with Crippen LogP contribution >= 0.6 is 11.6 Å². The third kappa shape index (κ3) is 6.66. The molecule has 6 nitrogen and oxygen atoms in total. The van der Waals surface area contributed by atoms with E-state index in [1.165, 1.54) is 12.1 Å². The second-order valence-electron chi connectivity index (χ2n) is 5.34. The molecule has 0 aliphatic rings.